The Labute approximate surface area is 100 Å². The molecule has 2 N–H and O–H groups in total. The van der Waals surface area contributed by atoms with E-state index in [4.69, 9.17) is 11.6 Å². The van der Waals surface area contributed by atoms with Gasteiger partial charge in [-0.2, -0.15) is 0 Å². The zero-order chi connectivity index (χ0) is 12.1. The maximum absolute atomic E-state index is 11.4. The number of amides is 2. The van der Waals surface area contributed by atoms with E-state index in [1.807, 2.05) is 26.0 Å². The minimum atomic E-state index is -0.284. The Balaban J connectivity index is 2.81. The van der Waals surface area contributed by atoms with Crippen molar-refractivity contribution >= 4 is 23.3 Å². The summed E-state index contributed by atoms with van der Waals surface area (Å²) in [5, 5.41) is 5.88. The Bertz CT molecular complexity index is 392. The van der Waals surface area contributed by atoms with Crippen LogP contribution in [0.3, 0.4) is 0 Å². The second-order valence-corrected chi connectivity index (χ2v) is 3.97. The summed E-state index contributed by atoms with van der Waals surface area (Å²) in [6.07, 6.45) is 1.61. The number of rotatable bonds is 3. The Kier molecular flexibility index (Phi) is 4.38. The second kappa shape index (κ2) is 5.56. The minimum Gasteiger partial charge on any atom is -0.334 e. The van der Waals surface area contributed by atoms with Crippen molar-refractivity contribution in [3.8, 4) is 0 Å². The van der Waals surface area contributed by atoms with Crippen LogP contribution in [0.4, 0.5) is 10.5 Å². The monoisotopic (exact) mass is 238 g/mol. The Hall–Kier alpha value is -1.48. The van der Waals surface area contributed by atoms with Gasteiger partial charge in [-0.05, 0) is 31.0 Å². The molecule has 3 nitrogen and oxygen atoms in total. The van der Waals surface area contributed by atoms with E-state index < -0.39 is 0 Å². The van der Waals surface area contributed by atoms with Gasteiger partial charge in [0.2, 0.25) is 0 Å². The first-order valence-electron chi connectivity index (χ1n) is 4.97. The number of hydrogen-bond donors (Lipinski definition) is 2. The molecule has 86 valence electrons. The van der Waals surface area contributed by atoms with E-state index in [0.717, 1.165) is 11.1 Å². The van der Waals surface area contributed by atoms with E-state index in [0.29, 0.717) is 17.3 Å². The van der Waals surface area contributed by atoms with E-state index in [1.54, 1.807) is 6.08 Å². The summed E-state index contributed by atoms with van der Waals surface area (Å²) >= 11 is 6.05. The fourth-order valence-corrected chi connectivity index (χ4v) is 1.77. The minimum absolute atomic E-state index is 0.284. The Morgan fingerprint density at radius 1 is 1.50 bits per heavy atom. The maximum Gasteiger partial charge on any atom is 0.319 e. The molecule has 1 rings (SSSR count). The largest absolute Gasteiger partial charge is 0.334 e. The van der Waals surface area contributed by atoms with Crippen molar-refractivity contribution in [3.05, 3.63) is 40.9 Å². The van der Waals surface area contributed by atoms with Crippen molar-refractivity contribution in [1.82, 2.24) is 5.32 Å². The van der Waals surface area contributed by atoms with Crippen molar-refractivity contribution in [2.45, 2.75) is 13.8 Å². The van der Waals surface area contributed by atoms with Gasteiger partial charge in [0.1, 0.15) is 0 Å². The summed E-state index contributed by atoms with van der Waals surface area (Å²) in [4.78, 5) is 11.4. The van der Waals surface area contributed by atoms with E-state index in [2.05, 4.69) is 17.2 Å². The van der Waals surface area contributed by atoms with E-state index >= 15 is 0 Å². The Morgan fingerprint density at radius 2 is 2.19 bits per heavy atom. The molecule has 4 heteroatoms. The van der Waals surface area contributed by atoms with Crippen molar-refractivity contribution in [1.29, 1.82) is 0 Å². The third kappa shape index (κ3) is 3.28. The van der Waals surface area contributed by atoms with Crippen LogP contribution in [0.5, 0.6) is 0 Å². The predicted octanol–water partition coefficient (Wildman–Crippen LogP) is 3.26. The summed E-state index contributed by atoms with van der Waals surface area (Å²) in [5.41, 5.74) is 2.66. The molecule has 0 fully saturated rings. The zero-order valence-electron chi connectivity index (χ0n) is 9.43. The zero-order valence-corrected chi connectivity index (χ0v) is 10.2. The molecule has 0 aliphatic rings. The van der Waals surface area contributed by atoms with Crippen LogP contribution in [-0.2, 0) is 0 Å². The number of carbonyl (C=O) groups is 1. The average molecular weight is 239 g/mol. The predicted molar refractivity (Wildman–Crippen MR) is 68.1 cm³/mol. The van der Waals surface area contributed by atoms with Gasteiger partial charge in [0.15, 0.2) is 0 Å². The molecule has 0 spiro atoms. The molecule has 2 amide bonds. The van der Waals surface area contributed by atoms with Crippen molar-refractivity contribution in [2.75, 3.05) is 11.9 Å². The first-order valence-corrected chi connectivity index (χ1v) is 5.35. The number of hydrogen-bond acceptors (Lipinski definition) is 1. The van der Waals surface area contributed by atoms with Gasteiger partial charge in [-0.15, -0.1) is 6.58 Å². The summed E-state index contributed by atoms with van der Waals surface area (Å²) in [5.74, 6) is 0. The van der Waals surface area contributed by atoms with Gasteiger partial charge >= 0.3 is 6.03 Å². The van der Waals surface area contributed by atoms with Gasteiger partial charge in [-0.25, -0.2) is 4.79 Å². The van der Waals surface area contributed by atoms with E-state index in [1.165, 1.54) is 0 Å². The molecular formula is C12H15ClN2O. The number of nitrogens with one attached hydrogen (secondary N) is 2. The van der Waals surface area contributed by atoms with Crippen LogP contribution in [0.15, 0.2) is 24.8 Å². The van der Waals surface area contributed by atoms with Crippen LogP contribution in [0.1, 0.15) is 11.1 Å². The number of urea groups is 1. The molecule has 1 aromatic carbocycles. The fraction of sp³-hybridized carbons (Fsp3) is 0.250. The van der Waals surface area contributed by atoms with Gasteiger partial charge < -0.3 is 10.6 Å². The van der Waals surface area contributed by atoms with Gasteiger partial charge in [-0.3, -0.25) is 0 Å². The number of halogens is 1. The molecule has 0 aromatic heterocycles. The van der Waals surface area contributed by atoms with Crippen molar-refractivity contribution in [2.24, 2.45) is 0 Å². The maximum atomic E-state index is 11.4. The van der Waals surface area contributed by atoms with Crippen LogP contribution in [0.25, 0.3) is 0 Å². The first-order chi connectivity index (χ1) is 7.54. The third-order valence-electron chi connectivity index (χ3n) is 2.08. The molecule has 0 aliphatic heterocycles. The molecular weight excluding hydrogens is 224 g/mol. The van der Waals surface area contributed by atoms with Crippen LogP contribution in [-0.4, -0.2) is 12.6 Å². The first kappa shape index (κ1) is 12.6. The third-order valence-corrected chi connectivity index (χ3v) is 2.38. The highest BCUT2D eigenvalue weighted by atomic mass is 35.5. The molecule has 1 aromatic rings. The normalized spacial score (nSPS) is 9.69. The van der Waals surface area contributed by atoms with Crippen LogP contribution >= 0.6 is 11.6 Å². The summed E-state index contributed by atoms with van der Waals surface area (Å²) in [6, 6.07) is 3.50. The molecule has 0 aliphatic carbocycles. The standard InChI is InChI=1S/C12H15ClN2O/c1-4-5-14-12(16)15-11-9(3)6-8(2)7-10(11)13/h4,6-7H,1,5H2,2-3H3,(H2,14,15,16). The lowest BCUT2D eigenvalue weighted by molar-refractivity contribution is 0.253. The van der Waals surface area contributed by atoms with Crippen LogP contribution in [0, 0.1) is 13.8 Å². The molecule has 16 heavy (non-hydrogen) atoms. The highest BCUT2D eigenvalue weighted by molar-refractivity contribution is 6.34. The average Bonchev–Trinajstić information content (AvgIpc) is 2.20. The number of aryl methyl sites for hydroxylation is 2. The lowest BCUT2D eigenvalue weighted by atomic mass is 10.1. The molecule has 0 saturated heterocycles. The summed E-state index contributed by atoms with van der Waals surface area (Å²) < 4.78 is 0. The summed E-state index contributed by atoms with van der Waals surface area (Å²) in [6.45, 7) is 7.81. The molecule has 0 unspecified atom stereocenters. The summed E-state index contributed by atoms with van der Waals surface area (Å²) in [7, 11) is 0. The fourth-order valence-electron chi connectivity index (χ4n) is 1.40. The van der Waals surface area contributed by atoms with Gasteiger partial charge in [0.25, 0.3) is 0 Å². The molecule has 0 bridgehead atoms. The second-order valence-electron chi connectivity index (χ2n) is 3.56. The Morgan fingerprint density at radius 3 is 2.75 bits per heavy atom. The van der Waals surface area contributed by atoms with Crippen LogP contribution < -0.4 is 10.6 Å². The molecule has 0 saturated carbocycles. The number of carbonyl (C=O) groups excluding carboxylic acids is 1. The quantitative estimate of drug-likeness (QED) is 0.780. The SMILES string of the molecule is C=CCNC(=O)Nc1c(C)cc(C)cc1Cl. The molecule has 0 radical (unpaired) electrons. The van der Waals surface area contributed by atoms with E-state index in [9.17, 15) is 4.79 Å². The number of anilines is 1. The number of benzene rings is 1. The van der Waals surface area contributed by atoms with Gasteiger partial charge in [-0.1, -0.05) is 23.7 Å². The topological polar surface area (TPSA) is 41.1 Å². The molecule has 0 atom stereocenters. The lowest BCUT2D eigenvalue weighted by Gasteiger charge is -2.11. The molecule has 0 heterocycles. The van der Waals surface area contributed by atoms with Gasteiger partial charge in [0.05, 0.1) is 10.7 Å². The van der Waals surface area contributed by atoms with Crippen molar-refractivity contribution < 1.29 is 4.79 Å². The highest BCUT2D eigenvalue weighted by Gasteiger charge is 2.08. The van der Waals surface area contributed by atoms with E-state index in [-0.39, 0.29) is 6.03 Å². The smallest absolute Gasteiger partial charge is 0.319 e. The van der Waals surface area contributed by atoms with Crippen molar-refractivity contribution in [3.63, 3.8) is 0 Å². The van der Waals surface area contributed by atoms with Gasteiger partial charge in [0, 0.05) is 6.54 Å². The highest BCUT2D eigenvalue weighted by Crippen LogP contribution is 2.27. The van der Waals surface area contributed by atoms with Crippen LogP contribution in [0.2, 0.25) is 5.02 Å². The lowest BCUT2D eigenvalue weighted by Crippen LogP contribution is -2.29.